The molecule has 0 bridgehead atoms. The number of hydrogen-bond donors (Lipinski definition) is 2. The number of rotatable bonds is 3. The van der Waals surface area contributed by atoms with Crippen molar-refractivity contribution in [2.45, 2.75) is 44.1 Å². The Morgan fingerprint density at radius 3 is 2.85 bits per heavy atom. The fourth-order valence-electron chi connectivity index (χ4n) is 3.70. The molecule has 1 atom stereocenters. The molecular weight excluding hydrogens is 350 g/mol. The van der Waals surface area contributed by atoms with Crippen molar-refractivity contribution < 1.29 is 4.79 Å². The monoisotopic (exact) mass is 369 g/mol. The van der Waals surface area contributed by atoms with E-state index in [2.05, 4.69) is 15.3 Å². The van der Waals surface area contributed by atoms with Crippen LogP contribution in [0, 0.1) is 0 Å². The van der Waals surface area contributed by atoms with E-state index in [4.69, 9.17) is 22.3 Å². The van der Waals surface area contributed by atoms with Gasteiger partial charge in [0, 0.05) is 23.0 Å². The summed E-state index contributed by atoms with van der Waals surface area (Å²) in [5, 5.41) is 3.44. The highest BCUT2D eigenvalue weighted by Gasteiger charge is 2.35. The number of carbonyl (C=O) groups excluding carboxylic acids is 1. The Kier molecular flexibility index (Phi) is 4.59. The van der Waals surface area contributed by atoms with Crippen LogP contribution in [0.2, 0.25) is 5.02 Å². The molecule has 2 heterocycles. The summed E-state index contributed by atoms with van der Waals surface area (Å²) in [6, 6.07) is 5.67. The molecule has 7 heteroatoms. The van der Waals surface area contributed by atoms with Crippen molar-refractivity contribution in [1.82, 2.24) is 9.97 Å². The van der Waals surface area contributed by atoms with Gasteiger partial charge in [-0.15, -0.1) is 0 Å². The van der Waals surface area contributed by atoms with Crippen molar-refractivity contribution in [3.05, 3.63) is 46.4 Å². The summed E-state index contributed by atoms with van der Waals surface area (Å²) >= 11 is 6.04. The van der Waals surface area contributed by atoms with Crippen LogP contribution in [0.15, 0.2) is 29.5 Å². The quantitative estimate of drug-likeness (QED) is 0.809. The molecule has 2 aromatic rings. The van der Waals surface area contributed by atoms with E-state index in [0.717, 1.165) is 18.4 Å². The van der Waals surface area contributed by atoms with Crippen LogP contribution < -0.4 is 11.1 Å². The third-order valence-corrected chi connectivity index (χ3v) is 5.29. The van der Waals surface area contributed by atoms with Crippen LogP contribution >= 0.6 is 11.6 Å². The summed E-state index contributed by atoms with van der Waals surface area (Å²) < 4.78 is 0. The standard InChI is InChI=1S/C19H20ClN5O/c20-11-6-7-13-15(8-11)25-19(26)16(13)17-14(18(21)24-10-23-17)9-22-12-4-2-1-3-5-12/h6-10,12,16H,1-5H2,(H,25,26)(H2,21,23,24). The number of aliphatic imine (C=N–C) groups is 1. The first-order valence-electron chi connectivity index (χ1n) is 8.87. The Bertz CT molecular complexity index is 876. The molecule has 6 nitrogen and oxygen atoms in total. The number of amides is 1. The van der Waals surface area contributed by atoms with Gasteiger partial charge in [0.2, 0.25) is 5.91 Å². The molecule has 2 aliphatic rings. The lowest BCUT2D eigenvalue weighted by Gasteiger charge is -2.18. The molecule has 26 heavy (non-hydrogen) atoms. The number of nitrogens with two attached hydrogens (primary N) is 1. The number of nitrogens with zero attached hydrogens (tertiary/aromatic N) is 3. The molecule has 1 saturated carbocycles. The molecule has 1 aliphatic heterocycles. The smallest absolute Gasteiger partial charge is 0.238 e. The Hall–Kier alpha value is -2.47. The van der Waals surface area contributed by atoms with Gasteiger partial charge < -0.3 is 11.1 Å². The second-order valence-electron chi connectivity index (χ2n) is 6.78. The van der Waals surface area contributed by atoms with Crippen LogP contribution in [-0.2, 0) is 4.79 Å². The Labute approximate surface area is 156 Å². The maximum Gasteiger partial charge on any atom is 0.238 e. The van der Waals surface area contributed by atoms with Gasteiger partial charge in [-0.2, -0.15) is 0 Å². The second-order valence-corrected chi connectivity index (χ2v) is 7.22. The van der Waals surface area contributed by atoms with E-state index >= 15 is 0 Å². The molecule has 1 aliphatic carbocycles. The van der Waals surface area contributed by atoms with Crippen LogP contribution in [0.3, 0.4) is 0 Å². The molecule has 134 valence electrons. The van der Waals surface area contributed by atoms with Crippen molar-refractivity contribution in [2.75, 3.05) is 11.1 Å². The predicted molar refractivity (Wildman–Crippen MR) is 103 cm³/mol. The summed E-state index contributed by atoms with van der Waals surface area (Å²) in [5.74, 6) is -0.349. The average molecular weight is 370 g/mol. The fraction of sp³-hybridized carbons (Fsp3) is 0.368. The first kappa shape index (κ1) is 17.0. The topological polar surface area (TPSA) is 93.3 Å². The van der Waals surface area contributed by atoms with Gasteiger partial charge in [-0.25, -0.2) is 9.97 Å². The van der Waals surface area contributed by atoms with E-state index in [-0.39, 0.29) is 5.91 Å². The third-order valence-electron chi connectivity index (χ3n) is 5.05. The van der Waals surface area contributed by atoms with Crippen molar-refractivity contribution in [2.24, 2.45) is 4.99 Å². The van der Waals surface area contributed by atoms with Crippen LogP contribution in [0.5, 0.6) is 0 Å². The molecule has 1 fully saturated rings. The summed E-state index contributed by atoms with van der Waals surface area (Å²) in [7, 11) is 0. The second kappa shape index (κ2) is 7.03. The number of nitrogen functional groups attached to an aromatic ring is 1. The summed E-state index contributed by atoms with van der Waals surface area (Å²) in [6.45, 7) is 0. The van der Waals surface area contributed by atoms with Gasteiger partial charge in [0.25, 0.3) is 0 Å². The number of aromatic nitrogens is 2. The lowest BCUT2D eigenvalue weighted by Crippen LogP contribution is -2.18. The highest BCUT2D eigenvalue weighted by atomic mass is 35.5. The Morgan fingerprint density at radius 1 is 1.23 bits per heavy atom. The molecule has 0 saturated heterocycles. The Morgan fingerprint density at radius 2 is 2.04 bits per heavy atom. The zero-order valence-electron chi connectivity index (χ0n) is 14.3. The minimum atomic E-state index is -0.541. The van der Waals surface area contributed by atoms with E-state index in [1.54, 1.807) is 18.3 Å². The minimum absolute atomic E-state index is 0.146. The van der Waals surface area contributed by atoms with Gasteiger partial charge in [-0.3, -0.25) is 9.79 Å². The first-order valence-corrected chi connectivity index (χ1v) is 9.25. The van der Waals surface area contributed by atoms with Gasteiger partial charge in [0.05, 0.1) is 11.3 Å². The van der Waals surface area contributed by atoms with E-state index in [1.807, 2.05) is 6.07 Å². The van der Waals surface area contributed by atoms with Gasteiger partial charge in [-0.05, 0) is 30.5 Å². The van der Waals surface area contributed by atoms with Crippen molar-refractivity contribution in [3.63, 3.8) is 0 Å². The largest absolute Gasteiger partial charge is 0.383 e. The SMILES string of the molecule is Nc1ncnc(C2C(=O)Nc3cc(Cl)ccc32)c1C=NC1CCCCC1. The molecular formula is C19H20ClN5O. The van der Waals surface area contributed by atoms with Crippen molar-refractivity contribution in [3.8, 4) is 0 Å². The van der Waals surface area contributed by atoms with Gasteiger partial charge >= 0.3 is 0 Å². The van der Waals surface area contributed by atoms with Crippen LogP contribution in [0.25, 0.3) is 0 Å². The number of anilines is 2. The molecule has 1 unspecified atom stereocenters. The number of halogens is 1. The lowest BCUT2D eigenvalue weighted by molar-refractivity contribution is -0.116. The molecule has 3 N–H and O–H groups in total. The summed E-state index contributed by atoms with van der Waals surface area (Å²) in [5.41, 5.74) is 8.85. The maximum atomic E-state index is 12.6. The van der Waals surface area contributed by atoms with Gasteiger partial charge in [-0.1, -0.05) is 36.9 Å². The van der Waals surface area contributed by atoms with Gasteiger partial charge in [0.1, 0.15) is 18.1 Å². The number of benzene rings is 1. The highest BCUT2D eigenvalue weighted by Crippen LogP contribution is 2.39. The van der Waals surface area contributed by atoms with Crippen LogP contribution in [0.1, 0.15) is 54.8 Å². The van der Waals surface area contributed by atoms with Gasteiger partial charge in [0.15, 0.2) is 0 Å². The first-order chi connectivity index (χ1) is 12.6. The normalized spacial score (nSPS) is 20.3. The number of nitrogens with one attached hydrogen (secondary N) is 1. The molecule has 1 amide bonds. The third kappa shape index (κ3) is 3.17. The average Bonchev–Trinajstić information content (AvgIpc) is 2.96. The Balaban J connectivity index is 1.72. The fourth-order valence-corrected chi connectivity index (χ4v) is 3.87. The highest BCUT2D eigenvalue weighted by molar-refractivity contribution is 6.31. The zero-order valence-corrected chi connectivity index (χ0v) is 15.0. The number of fused-ring (bicyclic) bond motifs is 1. The lowest BCUT2D eigenvalue weighted by atomic mass is 9.93. The number of hydrogen-bond acceptors (Lipinski definition) is 5. The maximum absolute atomic E-state index is 12.6. The summed E-state index contributed by atoms with van der Waals surface area (Å²) in [6.07, 6.45) is 9.00. The molecule has 1 aromatic heterocycles. The van der Waals surface area contributed by atoms with E-state index < -0.39 is 5.92 Å². The molecule has 1 aromatic carbocycles. The van der Waals surface area contributed by atoms with E-state index in [9.17, 15) is 4.79 Å². The zero-order chi connectivity index (χ0) is 18.1. The predicted octanol–water partition coefficient (Wildman–Crippen LogP) is 3.55. The van der Waals surface area contributed by atoms with Crippen LogP contribution in [0.4, 0.5) is 11.5 Å². The molecule has 0 spiro atoms. The van der Waals surface area contributed by atoms with Crippen LogP contribution in [-0.4, -0.2) is 28.1 Å². The summed E-state index contributed by atoms with van der Waals surface area (Å²) in [4.78, 5) is 25.8. The molecule has 0 radical (unpaired) electrons. The van der Waals surface area contributed by atoms with Crippen molar-refractivity contribution >= 4 is 35.2 Å². The minimum Gasteiger partial charge on any atom is -0.383 e. The van der Waals surface area contributed by atoms with E-state index in [1.165, 1.54) is 25.6 Å². The number of carbonyl (C=O) groups is 1. The van der Waals surface area contributed by atoms with E-state index in [0.29, 0.717) is 33.8 Å². The molecule has 4 rings (SSSR count). The van der Waals surface area contributed by atoms with Crippen molar-refractivity contribution in [1.29, 1.82) is 0 Å².